The van der Waals surface area contributed by atoms with Gasteiger partial charge < -0.3 is 0 Å². The molecule has 0 aromatic rings. The normalized spacial score (nSPS) is 15.0. The Kier molecular flexibility index (Phi) is 4.74. The fourth-order valence-corrected chi connectivity index (χ4v) is 1.51. The van der Waals surface area contributed by atoms with Gasteiger partial charge >= 0.3 is 0 Å². The van der Waals surface area contributed by atoms with E-state index in [4.69, 9.17) is 0 Å². The molecule has 0 radical (unpaired) electrons. The summed E-state index contributed by atoms with van der Waals surface area (Å²) >= 11 is 0. The maximum Gasteiger partial charge on any atom is 0.00925 e. The lowest BCUT2D eigenvalue weighted by Gasteiger charge is -2.34. The summed E-state index contributed by atoms with van der Waals surface area (Å²) < 4.78 is 0. The van der Waals surface area contributed by atoms with Crippen molar-refractivity contribution < 1.29 is 0 Å². The summed E-state index contributed by atoms with van der Waals surface area (Å²) in [5.74, 6) is 0.761. The van der Waals surface area contributed by atoms with E-state index in [1.807, 2.05) is 0 Å². The quantitative estimate of drug-likeness (QED) is 0.606. The summed E-state index contributed by atoms with van der Waals surface area (Å²) in [7, 11) is 0. The molecule has 68 valence electrons. The molecule has 1 heteroatoms. The summed E-state index contributed by atoms with van der Waals surface area (Å²) in [6.07, 6.45) is 0. The molecule has 0 amide bonds. The Morgan fingerprint density at radius 2 is 1.45 bits per heavy atom. The second-order valence-corrected chi connectivity index (χ2v) is 3.91. The second-order valence-electron chi connectivity index (χ2n) is 3.91. The van der Waals surface area contributed by atoms with Crippen LogP contribution in [0.4, 0.5) is 0 Å². The van der Waals surface area contributed by atoms with Crippen LogP contribution >= 0.6 is 0 Å². The Bertz CT molecular complexity index is 97.0. The average Bonchev–Trinajstić information content (AvgIpc) is 1.88. The molecule has 0 rings (SSSR count). The highest BCUT2D eigenvalue weighted by Crippen LogP contribution is 2.12. The lowest BCUT2D eigenvalue weighted by Crippen LogP contribution is -2.41. The third kappa shape index (κ3) is 3.24. The molecule has 1 nitrogen and oxygen atoms in total. The van der Waals surface area contributed by atoms with Gasteiger partial charge in [0.1, 0.15) is 0 Å². The molecule has 0 fully saturated rings. The number of rotatable bonds is 4. The maximum atomic E-state index is 2.53. The van der Waals surface area contributed by atoms with Crippen LogP contribution in [0.3, 0.4) is 0 Å². The molecule has 0 aromatic heterocycles. The fraction of sp³-hybridized carbons (Fsp3) is 1.00. The van der Waals surface area contributed by atoms with Gasteiger partial charge in [0.15, 0.2) is 0 Å². The first-order valence-electron chi connectivity index (χ1n) is 4.76. The zero-order valence-corrected chi connectivity index (χ0v) is 8.89. The zero-order chi connectivity index (χ0) is 9.02. The standard InChI is InChI=1S/C10H23N/c1-7-11(9(4)5)10(6)8(2)3/h8-10H,7H2,1-6H3/t10-/m0/s1. The first kappa shape index (κ1) is 11.0. The van der Waals surface area contributed by atoms with Gasteiger partial charge in [-0.1, -0.05) is 20.8 Å². The summed E-state index contributed by atoms with van der Waals surface area (Å²) in [5.41, 5.74) is 0. The molecule has 0 unspecified atom stereocenters. The van der Waals surface area contributed by atoms with E-state index < -0.39 is 0 Å². The van der Waals surface area contributed by atoms with Crippen LogP contribution in [-0.4, -0.2) is 23.5 Å². The summed E-state index contributed by atoms with van der Waals surface area (Å²) in [5, 5.41) is 0. The Hall–Kier alpha value is -0.0400. The molecule has 0 aliphatic heterocycles. The molecule has 0 aromatic carbocycles. The van der Waals surface area contributed by atoms with Crippen LogP contribution in [0.5, 0.6) is 0 Å². The van der Waals surface area contributed by atoms with Crippen molar-refractivity contribution >= 4 is 0 Å². The molecule has 0 aliphatic rings. The fourth-order valence-electron chi connectivity index (χ4n) is 1.51. The van der Waals surface area contributed by atoms with Crippen molar-refractivity contribution in [2.24, 2.45) is 5.92 Å². The summed E-state index contributed by atoms with van der Waals surface area (Å²) in [4.78, 5) is 2.53. The van der Waals surface area contributed by atoms with Crippen molar-refractivity contribution in [3.8, 4) is 0 Å². The van der Waals surface area contributed by atoms with Gasteiger partial charge in [0.25, 0.3) is 0 Å². The van der Waals surface area contributed by atoms with Gasteiger partial charge in [0, 0.05) is 12.1 Å². The van der Waals surface area contributed by atoms with Crippen molar-refractivity contribution in [1.29, 1.82) is 0 Å². The molecular weight excluding hydrogens is 134 g/mol. The largest absolute Gasteiger partial charge is 0.298 e. The van der Waals surface area contributed by atoms with Crippen LogP contribution in [0.2, 0.25) is 0 Å². The van der Waals surface area contributed by atoms with E-state index in [0.717, 1.165) is 12.5 Å². The predicted octanol–water partition coefficient (Wildman–Crippen LogP) is 2.76. The minimum atomic E-state index is 0.678. The highest BCUT2D eigenvalue weighted by atomic mass is 15.2. The van der Waals surface area contributed by atoms with Crippen LogP contribution in [0.1, 0.15) is 41.5 Å². The van der Waals surface area contributed by atoms with Crippen molar-refractivity contribution in [3.05, 3.63) is 0 Å². The van der Waals surface area contributed by atoms with Crippen LogP contribution in [0.25, 0.3) is 0 Å². The molecule has 1 atom stereocenters. The molecule has 0 saturated heterocycles. The van der Waals surface area contributed by atoms with Gasteiger partial charge in [-0.3, -0.25) is 4.90 Å². The van der Waals surface area contributed by atoms with Gasteiger partial charge in [0.05, 0.1) is 0 Å². The number of hydrogen-bond donors (Lipinski definition) is 0. The van der Waals surface area contributed by atoms with Crippen LogP contribution in [0.15, 0.2) is 0 Å². The van der Waals surface area contributed by atoms with Crippen LogP contribution in [-0.2, 0) is 0 Å². The predicted molar refractivity (Wildman–Crippen MR) is 51.8 cm³/mol. The Balaban J connectivity index is 4.02. The molecule has 0 spiro atoms. The van der Waals surface area contributed by atoms with E-state index in [9.17, 15) is 0 Å². The molecule has 0 bridgehead atoms. The minimum Gasteiger partial charge on any atom is -0.298 e. The van der Waals surface area contributed by atoms with Crippen LogP contribution in [0, 0.1) is 5.92 Å². The van der Waals surface area contributed by atoms with E-state index in [-0.39, 0.29) is 0 Å². The monoisotopic (exact) mass is 157 g/mol. The van der Waals surface area contributed by atoms with Crippen LogP contribution < -0.4 is 0 Å². The lowest BCUT2D eigenvalue weighted by atomic mass is 10.0. The first-order chi connectivity index (χ1) is 5.00. The molecular formula is C10H23N. The first-order valence-corrected chi connectivity index (χ1v) is 4.76. The van der Waals surface area contributed by atoms with Gasteiger partial charge in [-0.2, -0.15) is 0 Å². The Morgan fingerprint density at radius 1 is 1.00 bits per heavy atom. The number of hydrogen-bond acceptors (Lipinski definition) is 1. The maximum absolute atomic E-state index is 2.53. The minimum absolute atomic E-state index is 0.678. The topological polar surface area (TPSA) is 3.24 Å². The molecule has 0 saturated carbocycles. The third-order valence-electron chi connectivity index (χ3n) is 2.52. The molecule has 0 heterocycles. The van der Waals surface area contributed by atoms with Crippen molar-refractivity contribution in [2.75, 3.05) is 6.54 Å². The van der Waals surface area contributed by atoms with E-state index in [2.05, 4.69) is 46.4 Å². The molecule has 11 heavy (non-hydrogen) atoms. The van der Waals surface area contributed by atoms with E-state index in [0.29, 0.717) is 12.1 Å². The van der Waals surface area contributed by atoms with Crippen molar-refractivity contribution in [3.63, 3.8) is 0 Å². The number of nitrogens with zero attached hydrogens (tertiary/aromatic N) is 1. The molecule has 0 aliphatic carbocycles. The average molecular weight is 157 g/mol. The third-order valence-corrected chi connectivity index (χ3v) is 2.52. The van der Waals surface area contributed by atoms with Gasteiger partial charge in [-0.15, -0.1) is 0 Å². The smallest absolute Gasteiger partial charge is 0.00925 e. The highest BCUT2D eigenvalue weighted by Gasteiger charge is 2.17. The van der Waals surface area contributed by atoms with E-state index in [1.165, 1.54) is 0 Å². The summed E-state index contributed by atoms with van der Waals surface area (Å²) in [6, 6.07) is 1.39. The van der Waals surface area contributed by atoms with Gasteiger partial charge in [0.2, 0.25) is 0 Å². The van der Waals surface area contributed by atoms with E-state index in [1.54, 1.807) is 0 Å². The highest BCUT2D eigenvalue weighted by molar-refractivity contribution is 4.71. The SMILES string of the molecule is CCN(C(C)C)[C@@H](C)C(C)C. The second kappa shape index (κ2) is 4.76. The Morgan fingerprint density at radius 3 is 1.55 bits per heavy atom. The van der Waals surface area contributed by atoms with Crippen molar-refractivity contribution in [2.45, 2.75) is 53.6 Å². The van der Waals surface area contributed by atoms with Crippen molar-refractivity contribution in [1.82, 2.24) is 4.90 Å². The van der Waals surface area contributed by atoms with E-state index >= 15 is 0 Å². The molecule has 0 N–H and O–H groups in total. The zero-order valence-electron chi connectivity index (χ0n) is 8.89. The van der Waals surface area contributed by atoms with Gasteiger partial charge in [-0.25, -0.2) is 0 Å². The summed E-state index contributed by atoms with van der Waals surface area (Å²) in [6.45, 7) is 14.8. The Labute approximate surface area is 71.8 Å². The van der Waals surface area contributed by atoms with Gasteiger partial charge in [-0.05, 0) is 33.2 Å². The lowest BCUT2D eigenvalue weighted by molar-refractivity contribution is 0.138.